The lowest BCUT2D eigenvalue weighted by Gasteiger charge is -2.25. The van der Waals surface area contributed by atoms with Crippen LogP contribution in [0.25, 0.3) is 0 Å². The minimum atomic E-state index is -0.470. The number of carbonyl (C=O) groups excluding carboxylic acids is 2. The molecule has 0 aromatic heterocycles. The molecule has 5 nitrogen and oxygen atoms in total. The molecular formula is C21H20N2O3. The highest BCUT2D eigenvalue weighted by Gasteiger charge is 2.37. The van der Waals surface area contributed by atoms with Gasteiger partial charge in [0.05, 0.1) is 23.6 Å². The molecule has 1 amide bonds. The number of amides is 1. The van der Waals surface area contributed by atoms with Crippen LogP contribution in [0.1, 0.15) is 36.1 Å². The molecule has 1 aliphatic heterocycles. The van der Waals surface area contributed by atoms with Crippen molar-refractivity contribution in [3.05, 3.63) is 71.3 Å². The molecule has 0 N–H and O–H groups in total. The summed E-state index contributed by atoms with van der Waals surface area (Å²) in [5, 5.41) is 9.09. The maximum absolute atomic E-state index is 12.4. The van der Waals surface area contributed by atoms with Crippen LogP contribution in [-0.2, 0) is 20.9 Å². The molecule has 0 unspecified atom stereocenters. The minimum absolute atomic E-state index is 0.0410. The predicted molar refractivity (Wildman–Crippen MR) is 95.6 cm³/mol. The first-order valence-electron chi connectivity index (χ1n) is 8.59. The fourth-order valence-electron chi connectivity index (χ4n) is 3.20. The van der Waals surface area contributed by atoms with Crippen molar-refractivity contribution in [2.45, 2.75) is 26.0 Å². The maximum Gasteiger partial charge on any atom is 0.311 e. The number of hydrogen-bond donors (Lipinski definition) is 0. The third-order valence-electron chi connectivity index (χ3n) is 4.75. The van der Waals surface area contributed by atoms with Crippen LogP contribution < -0.4 is 0 Å². The van der Waals surface area contributed by atoms with E-state index in [-0.39, 0.29) is 25.0 Å². The minimum Gasteiger partial charge on any atom is -0.460 e. The monoisotopic (exact) mass is 348 g/mol. The number of rotatable bonds is 5. The number of nitriles is 1. The Bertz CT molecular complexity index is 842. The van der Waals surface area contributed by atoms with Crippen molar-refractivity contribution in [2.24, 2.45) is 5.92 Å². The lowest BCUT2D eigenvalue weighted by atomic mass is 10.1. The zero-order valence-electron chi connectivity index (χ0n) is 14.6. The molecule has 1 heterocycles. The molecule has 1 aliphatic rings. The van der Waals surface area contributed by atoms with Gasteiger partial charge in [-0.3, -0.25) is 9.59 Å². The molecule has 0 saturated carbocycles. The van der Waals surface area contributed by atoms with Gasteiger partial charge in [0.25, 0.3) is 0 Å². The van der Waals surface area contributed by atoms with Gasteiger partial charge in [-0.15, -0.1) is 0 Å². The second-order valence-electron chi connectivity index (χ2n) is 6.41. The zero-order chi connectivity index (χ0) is 18.5. The van der Waals surface area contributed by atoms with Crippen molar-refractivity contribution in [1.29, 1.82) is 5.26 Å². The standard InChI is InChI=1S/C21H20N2O3/c1-15(16-7-3-2-4-8-16)23-13-19(11-20(23)24)21(25)26-14-18-10-6-5-9-17(18)12-22/h2-10,15,19H,11,13-14H2,1H3/t15-,19+/m0/s1. The molecule has 132 valence electrons. The first-order valence-corrected chi connectivity index (χ1v) is 8.59. The molecule has 1 fully saturated rings. The van der Waals surface area contributed by atoms with Gasteiger partial charge >= 0.3 is 5.97 Å². The number of esters is 1. The molecular weight excluding hydrogens is 328 g/mol. The van der Waals surface area contributed by atoms with Crippen LogP contribution in [0, 0.1) is 17.2 Å². The largest absolute Gasteiger partial charge is 0.460 e. The summed E-state index contributed by atoms with van der Waals surface area (Å²) in [5.74, 6) is -0.905. The Morgan fingerprint density at radius 3 is 2.65 bits per heavy atom. The van der Waals surface area contributed by atoms with E-state index in [9.17, 15) is 9.59 Å². The van der Waals surface area contributed by atoms with Crippen LogP contribution in [0.15, 0.2) is 54.6 Å². The fourth-order valence-corrected chi connectivity index (χ4v) is 3.20. The molecule has 0 bridgehead atoms. The van der Waals surface area contributed by atoms with E-state index in [1.165, 1.54) is 0 Å². The van der Waals surface area contributed by atoms with Crippen molar-refractivity contribution >= 4 is 11.9 Å². The van der Waals surface area contributed by atoms with E-state index in [2.05, 4.69) is 6.07 Å². The Kier molecular flexibility index (Phi) is 5.33. The Labute approximate surface area is 152 Å². The van der Waals surface area contributed by atoms with Crippen molar-refractivity contribution in [1.82, 2.24) is 4.90 Å². The quantitative estimate of drug-likeness (QED) is 0.778. The van der Waals surface area contributed by atoms with E-state index in [4.69, 9.17) is 10.00 Å². The van der Waals surface area contributed by atoms with Crippen LogP contribution >= 0.6 is 0 Å². The summed E-state index contributed by atoms with van der Waals surface area (Å²) in [6.45, 7) is 2.36. The third-order valence-corrected chi connectivity index (χ3v) is 4.75. The van der Waals surface area contributed by atoms with E-state index in [0.29, 0.717) is 17.7 Å². The predicted octanol–water partition coefficient (Wildman–Crippen LogP) is 3.21. The number of ether oxygens (including phenoxy) is 1. The summed E-state index contributed by atoms with van der Waals surface area (Å²) < 4.78 is 5.37. The van der Waals surface area contributed by atoms with Gasteiger partial charge in [-0.05, 0) is 18.6 Å². The Balaban J connectivity index is 1.61. The highest BCUT2D eigenvalue weighted by atomic mass is 16.5. The molecule has 0 aliphatic carbocycles. The normalized spacial score (nSPS) is 17.6. The van der Waals surface area contributed by atoms with Crippen LogP contribution in [0.4, 0.5) is 0 Å². The van der Waals surface area contributed by atoms with Gasteiger partial charge in [0, 0.05) is 18.5 Å². The second-order valence-corrected chi connectivity index (χ2v) is 6.41. The van der Waals surface area contributed by atoms with E-state index in [0.717, 1.165) is 5.56 Å². The fraction of sp³-hybridized carbons (Fsp3) is 0.286. The highest BCUT2D eigenvalue weighted by molar-refractivity contribution is 5.87. The zero-order valence-corrected chi connectivity index (χ0v) is 14.6. The van der Waals surface area contributed by atoms with Crippen LogP contribution in [0.2, 0.25) is 0 Å². The number of hydrogen-bond acceptors (Lipinski definition) is 4. The summed E-state index contributed by atoms with van der Waals surface area (Å²) in [5.41, 5.74) is 2.20. The second kappa shape index (κ2) is 7.83. The average Bonchev–Trinajstić information content (AvgIpc) is 3.08. The topological polar surface area (TPSA) is 70.4 Å². The molecule has 0 radical (unpaired) electrons. The summed E-state index contributed by atoms with van der Waals surface area (Å²) in [4.78, 5) is 26.5. The summed E-state index contributed by atoms with van der Waals surface area (Å²) in [7, 11) is 0. The molecule has 2 aromatic rings. The van der Waals surface area contributed by atoms with Crippen molar-refractivity contribution in [3.63, 3.8) is 0 Å². The van der Waals surface area contributed by atoms with Gasteiger partial charge in [-0.1, -0.05) is 48.5 Å². The van der Waals surface area contributed by atoms with Crippen LogP contribution in [0.3, 0.4) is 0 Å². The maximum atomic E-state index is 12.4. The van der Waals surface area contributed by atoms with Gasteiger partial charge < -0.3 is 9.64 Å². The molecule has 2 aromatic carbocycles. The number of carbonyl (C=O) groups is 2. The first kappa shape index (κ1) is 17.7. The number of likely N-dealkylation sites (tertiary alicyclic amines) is 1. The molecule has 2 atom stereocenters. The van der Waals surface area contributed by atoms with E-state index < -0.39 is 11.9 Å². The smallest absolute Gasteiger partial charge is 0.311 e. The van der Waals surface area contributed by atoms with Gasteiger partial charge in [-0.2, -0.15) is 5.26 Å². The van der Waals surface area contributed by atoms with Crippen LogP contribution in [0.5, 0.6) is 0 Å². The van der Waals surface area contributed by atoms with Crippen LogP contribution in [-0.4, -0.2) is 23.3 Å². The Morgan fingerprint density at radius 1 is 1.23 bits per heavy atom. The Morgan fingerprint density at radius 2 is 1.92 bits per heavy atom. The third kappa shape index (κ3) is 3.75. The van der Waals surface area contributed by atoms with E-state index in [1.807, 2.05) is 37.3 Å². The summed E-state index contributed by atoms with van der Waals surface area (Å²) >= 11 is 0. The Hall–Kier alpha value is -3.13. The lowest BCUT2D eigenvalue weighted by Crippen LogP contribution is -2.29. The van der Waals surface area contributed by atoms with Gasteiger partial charge in [0.2, 0.25) is 5.91 Å². The summed E-state index contributed by atoms with van der Waals surface area (Å²) in [6, 6.07) is 18.8. The van der Waals surface area contributed by atoms with Gasteiger partial charge in [0.15, 0.2) is 0 Å². The van der Waals surface area contributed by atoms with Crippen molar-refractivity contribution in [3.8, 4) is 6.07 Å². The first-order chi connectivity index (χ1) is 12.6. The van der Waals surface area contributed by atoms with Crippen molar-refractivity contribution < 1.29 is 14.3 Å². The molecule has 1 saturated heterocycles. The average molecular weight is 348 g/mol. The number of benzene rings is 2. The SMILES string of the molecule is C[C@@H](c1ccccc1)N1C[C@H](C(=O)OCc2ccccc2C#N)CC1=O. The molecule has 26 heavy (non-hydrogen) atoms. The summed E-state index contributed by atoms with van der Waals surface area (Å²) in [6.07, 6.45) is 0.163. The molecule has 3 rings (SSSR count). The molecule has 0 spiro atoms. The van der Waals surface area contributed by atoms with E-state index in [1.54, 1.807) is 29.2 Å². The lowest BCUT2D eigenvalue weighted by molar-refractivity contribution is -0.149. The number of nitrogens with zero attached hydrogens (tertiary/aromatic N) is 2. The van der Waals surface area contributed by atoms with Crippen molar-refractivity contribution in [2.75, 3.05) is 6.54 Å². The highest BCUT2D eigenvalue weighted by Crippen LogP contribution is 2.29. The van der Waals surface area contributed by atoms with E-state index >= 15 is 0 Å². The van der Waals surface area contributed by atoms with Gasteiger partial charge in [-0.25, -0.2) is 0 Å². The van der Waals surface area contributed by atoms with Gasteiger partial charge in [0.1, 0.15) is 6.61 Å². The molecule has 5 heteroatoms.